The van der Waals surface area contributed by atoms with E-state index in [1.54, 1.807) is 0 Å². The van der Waals surface area contributed by atoms with E-state index in [1.165, 1.54) is 11.1 Å². The molecule has 0 spiro atoms. The van der Waals surface area contributed by atoms with Crippen molar-refractivity contribution in [3.63, 3.8) is 0 Å². The van der Waals surface area contributed by atoms with Gasteiger partial charge in [0.1, 0.15) is 0 Å². The first-order valence-electron chi connectivity index (χ1n) is 7.34. The van der Waals surface area contributed by atoms with Crippen molar-refractivity contribution in [2.24, 2.45) is 0 Å². The Morgan fingerprint density at radius 2 is 2.25 bits per heavy atom. The fourth-order valence-corrected chi connectivity index (χ4v) is 2.44. The Kier molecular flexibility index (Phi) is 5.41. The van der Waals surface area contributed by atoms with Gasteiger partial charge in [0.25, 0.3) is 0 Å². The number of benzene rings is 1. The zero-order valence-corrected chi connectivity index (χ0v) is 12.4. The molecule has 4 nitrogen and oxygen atoms in total. The third kappa shape index (κ3) is 4.53. The Hall–Kier alpha value is -1.55. The summed E-state index contributed by atoms with van der Waals surface area (Å²) in [6.07, 6.45) is 2.86. The molecule has 1 unspecified atom stereocenters. The number of carbonyl (C=O) groups excluding carboxylic acids is 1. The van der Waals surface area contributed by atoms with Crippen LogP contribution in [-0.2, 0) is 9.53 Å². The third-order valence-corrected chi connectivity index (χ3v) is 3.60. The van der Waals surface area contributed by atoms with Gasteiger partial charge in [0.05, 0.1) is 6.10 Å². The van der Waals surface area contributed by atoms with E-state index in [9.17, 15) is 4.79 Å². The first-order valence-corrected chi connectivity index (χ1v) is 7.34. The molecule has 4 heteroatoms. The molecule has 0 aromatic heterocycles. The number of hydrogen-bond donors (Lipinski definition) is 2. The van der Waals surface area contributed by atoms with Crippen LogP contribution in [0.25, 0.3) is 0 Å². The summed E-state index contributed by atoms with van der Waals surface area (Å²) in [5.74, 6) is 0.0813. The van der Waals surface area contributed by atoms with E-state index in [2.05, 4.69) is 42.7 Å². The van der Waals surface area contributed by atoms with Crippen LogP contribution in [0.2, 0.25) is 0 Å². The van der Waals surface area contributed by atoms with E-state index < -0.39 is 0 Å². The summed E-state index contributed by atoms with van der Waals surface area (Å²) in [6, 6.07) is 6.28. The molecule has 0 radical (unpaired) electrons. The van der Waals surface area contributed by atoms with Gasteiger partial charge in [0.15, 0.2) is 0 Å². The van der Waals surface area contributed by atoms with Gasteiger partial charge < -0.3 is 15.4 Å². The van der Waals surface area contributed by atoms with Crippen LogP contribution in [0.3, 0.4) is 0 Å². The van der Waals surface area contributed by atoms with E-state index in [0.717, 1.165) is 25.1 Å². The highest BCUT2D eigenvalue weighted by molar-refractivity contribution is 5.76. The molecule has 1 saturated heterocycles. The summed E-state index contributed by atoms with van der Waals surface area (Å²) < 4.78 is 5.47. The fourth-order valence-electron chi connectivity index (χ4n) is 2.44. The zero-order chi connectivity index (χ0) is 14.4. The Morgan fingerprint density at radius 1 is 1.40 bits per heavy atom. The molecule has 0 saturated carbocycles. The number of aryl methyl sites for hydroxylation is 2. The molecule has 1 heterocycles. The SMILES string of the molecule is Cc1ccc(NCCC(=O)NCC2CCCO2)c(C)c1. The highest BCUT2D eigenvalue weighted by Gasteiger charge is 2.15. The minimum absolute atomic E-state index is 0.0813. The van der Waals surface area contributed by atoms with Gasteiger partial charge >= 0.3 is 0 Å². The second kappa shape index (κ2) is 7.29. The second-order valence-corrected chi connectivity index (χ2v) is 5.43. The summed E-state index contributed by atoms with van der Waals surface area (Å²) in [7, 11) is 0. The van der Waals surface area contributed by atoms with Gasteiger partial charge in [-0.25, -0.2) is 0 Å². The van der Waals surface area contributed by atoms with E-state index in [0.29, 0.717) is 19.5 Å². The maximum atomic E-state index is 11.7. The van der Waals surface area contributed by atoms with Crippen molar-refractivity contribution < 1.29 is 9.53 Å². The minimum Gasteiger partial charge on any atom is -0.384 e. The molecular formula is C16H24N2O2. The van der Waals surface area contributed by atoms with Crippen LogP contribution >= 0.6 is 0 Å². The molecule has 0 bridgehead atoms. The molecule has 1 atom stereocenters. The van der Waals surface area contributed by atoms with Crippen LogP contribution in [-0.4, -0.2) is 31.7 Å². The Labute approximate surface area is 120 Å². The normalized spacial score (nSPS) is 18.0. The lowest BCUT2D eigenvalue weighted by Gasteiger charge is -2.12. The molecule has 2 N–H and O–H groups in total. The number of amides is 1. The predicted molar refractivity (Wildman–Crippen MR) is 81.0 cm³/mol. The smallest absolute Gasteiger partial charge is 0.221 e. The summed E-state index contributed by atoms with van der Waals surface area (Å²) in [6.45, 7) is 6.28. The summed E-state index contributed by atoms with van der Waals surface area (Å²) >= 11 is 0. The monoisotopic (exact) mass is 276 g/mol. The molecule has 110 valence electrons. The van der Waals surface area contributed by atoms with Crippen molar-refractivity contribution in [2.75, 3.05) is 25.0 Å². The number of anilines is 1. The quantitative estimate of drug-likeness (QED) is 0.839. The van der Waals surface area contributed by atoms with Gasteiger partial charge in [-0.3, -0.25) is 4.79 Å². The molecule has 20 heavy (non-hydrogen) atoms. The number of hydrogen-bond acceptors (Lipinski definition) is 3. The van der Waals surface area contributed by atoms with Crippen LogP contribution in [0.4, 0.5) is 5.69 Å². The van der Waals surface area contributed by atoms with Gasteiger partial charge in [0, 0.05) is 31.8 Å². The lowest BCUT2D eigenvalue weighted by molar-refractivity contribution is -0.121. The van der Waals surface area contributed by atoms with Crippen LogP contribution in [0, 0.1) is 13.8 Å². The van der Waals surface area contributed by atoms with E-state index in [1.807, 2.05) is 0 Å². The first kappa shape index (κ1) is 14.9. The number of ether oxygens (including phenoxy) is 1. The van der Waals surface area contributed by atoms with Gasteiger partial charge in [-0.15, -0.1) is 0 Å². The van der Waals surface area contributed by atoms with Crippen LogP contribution in [0.5, 0.6) is 0 Å². The summed E-state index contributed by atoms with van der Waals surface area (Å²) in [5, 5.41) is 6.24. The molecule has 1 aliphatic rings. The van der Waals surface area contributed by atoms with Crippen molar-refractivity contribution in [3.8, 4) is 0 Å². The fraction of sp³-hybridized carbons (Fsp3) is 0.562. The first-order chi connectivity index (χ1) is 9.65. The minimum atomic E-state index is 0.0813. The molecule has 0 aliphatic carbocycles. The molecule has 1 aromatic rings. The molecule has 1 fully saturated rings. The van der Waals surface area contributed by atoms with Crippen molar-refractivity contribution in [3.05, 3.63) is 29.3 Å². The van der Waals surface area contributed by atoms with Crippen LogP contribution in [0.1, 0.15) is 30.4 Å². The highest BCUT2D eigenvalue weighted by Crippen LogP contribution is 2.15. The summed E-state index contributed by atoms with van der Waals surface area (Å²) in [5.41, 5.74) is 3.56. The van der Waals surface area contributed by atoms with Gasteiger partial charge in [-0.2, -0.15) is 0 Å². The molecule has 1 aromatic carbocycles. The highest BCUT2D eigenvalue weighted by atomic mass is 16.5. The average Bonchev–Trinajstić information content (AvgIpc) is 2.92. The maximum absolute atomic E-state index is 11.7. The summed E-state index contributed by atoms with van der Waals surface area (Å²) in [4.78, 5) is 11.7. The second-order valence-electron chi connectivity index (χ2n) is 5.43. The lowest BCUT2D eigenvalue weighted by Crippen LogP contribution is -2.32. The molecule has 1 aliphatic heterocycles. The lowest BCUT2D eigenvalue weighted by atomic mass is 10.1. The van der Waals surface area contributed by atoms with Gasteiger partial charge in [-0.1, -0.05) is 17.7 Å². The standard InChI is InChI=1S/C16H24N2O2/c1-12-5-6-15(13(2)10-12)17-8-7-16(19)18-11-14-4-3-9-20-14/h5-6,10,14,17H,3-4,7-9,11H2,1-2H3,(H,18,19). The van der Waals surface area contributed by atoms with Crippen molar-refractivity contribution in [1.82, 2.24) is 5.32 Å². The van der Waals surface area contributed by atoms with E-state index >= 15 is 0 Å². The Bertz CT molecular complexity index is 454. The number of nitrogens with one attached hydrogen (secondary N) is 2. The van der Waals surface area contributed by atoms with Gasteiger partial charge in [0.2, 0.25) is 5.91 Å². The molecule has 1 amide bonds. The molecular weight excluding hydrogens is 252 g/mol. The largest absolute Gasteiger partial charge is 0.384 e. The van der Waals surface area contributed by atoms with Crippen LogP contribution in [0.15, 0.2) is 18.2 Å². The average molecular weight is 276 g/mol. The third-order valence-electron chi connectivity index (χ3n) is 3.60. The van der Waals surface area contributed by atoms with Crippen LogP contribution < -0.4 is 10.6 Å². The molecule has 2 rings (SSSR count). The zero-order valence-electron chi connectivity index (χ0n) is 12.4. The van der Waals surface area contributed by atoms with Gasteiger partial charge in [-0.05, 0) is 38.3 Å². The van der Waals surface area contributed by atoms with Crippen molar-refractivity contribution in [2.45, 2.75) is 39.2 Å². The Balaban J connectivity index is 1.65. The van der Waals surface area contributed by atoms with Crippen molar-refractivity contribution >= 4 is 11.6 Å². The van der Waals surface area contributed by atoms with Crippen molar-refractivity contribution in [1.29, 1.82) is 0 Å². The van der Waals surface area contributed by atoms with E-state index in [-0.39, 0.29) is 12.0 Å². The predicted octanol–water partition coefficient (Wildman–Crippen LogP) is 2.40. The number of rotatable bonds is 6. The maximum Gasteiger partial charge on any atom is 0.221 e. The number of carbonyl (C=O) groups is 1. The topological polar surface area (TPSA) is 50.4 Å². The van der Waals surface area contributed by atoms with E-state index in [4.69, 9.17) is 4.74 Å². The Morgan fingerprint density at radius 3 is 2.95 bits per heavy atom.